The number of hydrogen-bond donors (Lipinski definition) is 2. The molecule has 5 nitrogen and oxygen atoms in total. The van der Waals surface area contributed by atoms with Gasteiger partial charge in [-0.3, -0.25) is 4.79 Å². The van der Waals surface area contributed by atoms with E-state index in [1.807, 2.05) is 12.1 Å². The van der Waals surface area contributed by atoms with E-state index >= 15 is 0 Å². The SMILES string of the molecule is NC(=O)c1c(C[CH][C@@H](O)C=O)cccc1N1CCC1. The van der Waals surface area contributed by atoms with Crippen molar-refractivity contribution >= 4 is 17.9 Å². The summed E-state index contributed by atoms with van der Waals surface area (Å²) in [7, 11) is 0. The van der Waals surface area contributed by atoms with Gasteiger partial charge in [-0.05, 0) is 24.5 Å². The lowest BCUT2D eigenvalue weighted by Gasteiger charge is -2.34. The van der Waals surface area contributed by atoms with Gasteiger partial charge in [0, 0.05) is 25.2 Å². The molecule has 1 heterocycles. The number of benzene rings is 1. The Balaban J connectivity index is 2.26. The van der Waals surface area contributed by atoms with Gasteiger partial charge < -0.3 is 20.5 Å². The van der Waals surface area contributed by atoms with E-state index in [9.17, 15) is 14.7 Å². The Morgan fingerprint density at radius 2 is 2.21 bits per heavy atom. The first kappa shape index (κ1) is 13.5. The predicted molar refractivity (Wildman–Crippen MR) is 71.9 cm³/mol. The molecule has 5 heteroatoms. The average Bonchev–Trinajstić information content (AvgIpc) is 2.33. The zero-order chi connectivity index (χ0) is 13.8. The van der Waals surface area contributed by atoms with Crippen LogP contribution in [0.4, 0.5) is 5.69 Å². The fourth-order valence-electron chi connectivity index (χ4n) is 2.17. The predicted octanol–water partition coefficient (Wildman–Crippen LogP) is 0.302. The van der Waals surface area contributed by atoms with Crippen LogP contribution in [-0.2, 0) is 11.2 Å². The number of nitrogens with two attached hydrogens (primary N) is 1. The van der Waals surface area contributed by atoms with Crippen molar-refractivity contribution in [2.45, 2.75) is 18.9 Å². The van der Waals surface area contributed by atoms with E-state index in [1.165, 1.54) is 6.42 Å². The Labute approximate surface area is 112 Å². The number of nitrogens with zero attached hydrogens (tertiary/aromatic N) is 1. The summed E-state index contributed by atoms with van der Waals surface area (Å²) in [4.78, 5) is 24.1. The largest absolute Gasteiger partial charge is 0.385 e. The van der Waals surface area contributed by atoms with E-state index in [2.05, 4.69) is 4.90 Å². The van der Waals surface area contributed by atoms with E-state index in [0.29, 0.717) is 18.3 Å². The van der Waals surface area contributed by atoms with Gasteiger partial charge in [-0.25, -0.2) is 0 Å². The summed E-state index contributed by atoms with van der Waals surface area (Å²) in [6.45, 7) is 1.84. The van der Waals surface area contributed by atoms with Crippen LogP contribution in [0, 0.1) is 6.42 Å². The first-order valence-electron chi connectivity index (χ1n) is 6.27. The third-order valence-corrected chi connectivity index (χ3v) is 3.29. The van der Waals surface area contributed by atoms with E-state index in [-0.39, 0.29) is 0 Å². The van der Waals surface area contributed by atoms with Gasteiger partial charge in [-0.1, -0.05) is 12.1 Å². The number of aliphatic hydroxyl groups excluding tert-OH is 1. The monoisotopic (exact) mass is 261 g/mol. The van der Waals surface area contributed by atoms with Gasteiger partial charge in [0.15, 0.2) is 0 Å². The number of carbonyl (C=O) groups is 2. The van der Waals surface area contributed by atoms with Crippen LogP contribution in [0.25, 0.3) is 0 Å². The molecule has 1 saturated heterocycles. The summed E-state index contributed by atoms with van der Waals surface area (Å²) in [5, 5.41) is 9.23. The lowest BCUT2D eigenvalue weighted by atomic mass is 9.97. The zero-order valence-corrected chi connectivity index (χ0v) is 10.6. The zero-order valence-electron chi connectivity index (χ0n) is 10.6. The molecule has 0 aliphatic carbocycles. The van der Waals surface area contributed by atoms with E-state index in [4.69, 9.17) is 5.73 Å². The molecular weight excluding hydrogens is 244 g/mol. The molecule has 1 aliphatic heterocycles. The van der Waals surface area contributed by atoms with Crippen LogP contribution in [0.2, 0.25) is 0 Å². The maximum atomic E-state index is 11.7. The van der Waals surface area contributed by atoms with Crippen molar-refractivity contribution in [2.24, 2.45) is 5.73 Å². The Kier molecular flexibility index (Phi) is 4.16. The molecule has 0 aromatic heterocycles. The summed E-state index contributed by atoms with van der Waals surface area (Å²) in [6, 6.07) is 5.52. The molecule has 1 radical (unpaired) electrons. The Morgan fingerprint density at radius 3 is 2.74 bits per heavy atom. The molecule has 101 valence electrons. The van der Waals surface area contributed by atoms with Gasteiger partial charge in [0.2, 0.25) is 0 Å². The maximum absolute atomic E-state index is 11.7. The van der Waals surface area contributed by atoms with Crippen LogP contribution in [0.1, 0.15) is 22.3 Å². The number of hydrogen-bond acceptors (Lipinski definition) is 4. The second-order valence-corrected chi connectivity index (χ2v) is 4.58. The number of carbonyl (C=O) groups excluding carboxylic acids is 2. The fraction of sp³-hybridized carbons (Fsp3) is 0.357. The Bertz CT molecular complexity index is 484. The highest BCUT2D eigenvalue weighted by atomic mass is 16.3. The lowest BCUT2D eigenvalue weighted by Crippen LogP contribution is -2.38. The second kappa shape index (κ2) is 5.84. The van der Waals surface area contributed by atoms with E-state index in [0.717, 1.165) is 30.8 Å². The van der Waals surface area contributed by atoms with Crippen LogP contribution >= 0.6 is 0 Å². The number of rotatable bonds is 6. The van der Waals surface area contributed by atoms with Gasteiger partial charge >= 0.3 is 0 Å². The minimum Gasteiger partial charge on any atom is -0.385 e. The minimum atomic E-state index is -1.12. The number of anilines is 1. The molecule has 19 heavy (non-hydrogen) atoms. The summed E-state index contributed by atoms with van der Waals surface area (Å²) in [5.41, 5.74) is 7.51. The molecule has 1 fully saturated rings. The first-order valence-corrected chi connectivity index (χ1v) is 6.27. The van der Waals surface area contributed by atoms with Gasteiger partial charge in [0.1, 0.15) is 12.4 Å². The third kappa shape index (κ3) is 2.93. The van der Waals surface area contributed by atoms with Crippen LogP contribution < -0.4 is 10.6 Å². The van der Waals surface area contributed by atoms with Crippen molar-refractivity contribution in [3.05, 3.63) is 35.7 Å². The highest BCUT2D eigenvalue weighted by Crippen LogP contribution is 2.28. The van der Waals surface area contributed by atoms with Crippen LogP contribution in [0.5, 0.6) is 0 Å². The van der Waals surface area contributed by atoms with Gasteiger partial charge in [0.05, 0.1) is 5.56 Å². The highest BCUT2D eigenvalue weighted by molar-refractivity contribution is 6.00. The van der Waals surface area contributed by atoms with Crippen LogP contribution in [0.3, 0.4) is 0 Å². The molecular formula is C14H17N2O3. The average molecular weight is 261 g/mol. The molecule has 1 aromatic carbocycles. The Morgan fingerprint density at radius 1 is 1.47 bits per heavy atom. The molecule has 1 aromatic rings. The molecule has 1 amide bonds. The first-order chi connectivity index (χ1) is 9.13. The minimum absolute atomic E-state index is 0.333. The van der Waals surface area contributed by atoms with Crippen molar-refractivity contribution in [1.29, 1.82) is 0 Å². The molecule has 0 bridgehead atoms. The van der Waals surface area contributed by atoms with E-state index in [1.54, 1.807) is 6.07 Å². The van der Waals surface area contributed by atoms with Gasteiger partial charge in [0.25, 0.3) is 5.91 Å². The van der Waals surface area contributed by atoms with Gasteiger partial charge in [-0.15, -0.1) is 0 Å². The maximum Gasteiger partial charge on any atom is 0.251 e. The van der Waals surface area contributed by atoms with E-state index < -0.39 is 12.0 Å². The number of aliphatic hydroxyl groups is 1. The summed E-state index contributed by atoms with van der Waals surface area (Å²) in [5.74, 6) is -0.480. The smallest absolute Gasteiger partial charge is 0.251 e. The number of primary amides is 1. The third-order valence-electron chi connectivity index (χ3n) is 3.29. The van der Waals surface area contributed by atoms with Crippen molar-refractivity contribution in [3.63, 3.8) is 0 Å². The Hall–Kier alpha value is -1.88. The van der Waals surface area contributed by atoms with Gasteiger partial charge in [-0.2, -0.15) is 0 Å². The summed E-state index contributed by atoms with van der Waals surface area (Å²) >= 11 is 0. The van der Waals surface area contributed by atoms with Crippen molar-refractivity contribution < 1.29 is 14.7 Å². The summed E-state index contributed by atoms with van der Waals surface area (Å²) in [6.07, 6.45) is 2.23. The molecule has 0 spiro atoms. The van der Waals surface area contributed by atoms with Crippen LogP contribution in [0.15, 0.2) is 18.2 Å². The fourth-order valence-corrected chi connectivity index (χ4v) is 2.17. The molecule has 2 rings (SSSR count). The second-order valence-electron chi connectivity index (χ2n) is 4.58. The quantitative estimate of drug-likeness (QED) is 0.721. The molecule has 1 atom stereocenters. The van der Waals surface area contributed by atoms with Crippen molar-refractivity contribution in [2.75, 3.05) is 18.0 Å². The summed E-state index contributed by atoms with van der Waals surface area (Å²) < 4.78 is 0. The normalized spacial score (nSPS) is 15.7. The van der Waals surface area contributed by atoms with Crippen molar-refractivity contribution in [1.82, 2.24) is 0 Å². The highest BCUT2D eigenvalue weighted by Gasteiger charge is 2.22. The number of aldehydes is 1. The molecule has 0 saturated carbocycles. The lowest BCUT2D eigenvalue weighted by molar-refractivity contribution is -0.113. The molecule has 1 aliphatic rings. The van der Waals surface area contributed by atoms with Crippen LogP contribution in [-0.4, -0.2) is 36.5 Å². The molecule has 0 unspecified atom stereocenters. The van der Waals surface area contributed by atoms with Crippen molar-refractivity contribution in [3.8, 4) is 0 Å². The number of amides is 1. The molecule has 3 N–H and O–H groups in total. The topological polar surface area (TPSA) is 83.6 Å². The standard InChI is InChI=1S/C14H17N2O3/c15-14(19)13-10(5-6-11(18)9-17)3-1-4-12(13)16-7-2-8-16/h1,3-4,6,9,11,18H,2,5,7-8H2,(H2,15,19)/t11-/m1/s1.